The van der Waals surface area contributed by atoms with E-state index in [0.29, 0.717) is 11.3 Å². The maximum absolute atomic E-state index is 10.1. The average molecular weight is 370 g/mol. The minimum Gasteiger partial charge on any atom is -0.506 e. The number of phenolic OH excluding ortho intramolecular Hbond substituents is 1. The zero-order valence-electron chi connectivity index (χ0n) is 14.7. The summed E-state index contributed by atoms with van der Waals surface area (Å²) in [5.41, 5.74) is 3.13. The van der Waals surface area contributed by atoms with E-state index in [0.717, 1.165) is 17.0 Å². The fourth-order valence-electron chi connectivity index (χ4n) is 2.74. The maximum Gasteiger partial charge on any atom is 0.145 e. The number of benzene rings is 1. The first-order valence-corrected chi connectivity index (χ1v) is 8.65. The molecule has 0 saturated heterocycles. The Morgan fingerprint density at radius 3 is 2.81 bits per heavy atom. The minimum atomic E-state index is -0.0385. The summed E-state index contributed by atoms with van der Waals surface area (Å²) in [6.07, 6.45) is 5.04. The van der Waals surface area contributed by atoms with Gasteiger partial charge in [0.1, 0.15) is 18.1 Å². The third kappa shape index (κ3) is 3.44. The summed E-state index contributed by atoms with van der Waals surface area (Å²) >= 11 is 5.95. The Kier molecular flexibility index (Phi) is 5.28. The fraction of sp³-hybridized carbons (Fsp3) is 0.200. The number of halogens is 1. The van der Waals surface area contributed by atoms with Crippen LogP contribution in [0.4, 0.5) is 0 Å². The molecule has 0 aliphatic rings. The van der Waals surface area contributed by atoms with Crippen molar-refractivity contribution in [3.63, 3.8) is 0 Å². The van der Waals surface area contributed by atoms with Gasteiger partial charge in [0.25, 0.3) is 0 Å². The van der Waals surface area contributed by atoms with E-state index < -0.39 is 0 Å². The van der Waals surface area contributed by atoms with Crippen molar-refractivity contribution in [1.82, 2.24) is 14.8 Å². The molecule has 0 amide bonds. The van der Waals surface area contributed by atoms with Crippen LogP contribution in [-0.2, 0) is 6.61 Å². The number of aromatic nitrogens is 3. The lowest BCUT2D eigenvalue weighted by Gasteiger charge is -2.15. The predicted octanol–water partition coefficient (Wildman–Crippen LogP) is 5.11. The second kappa shape index (κ2) is 7.62. The largest absolute Gasteiger partial charge is 0.506 e. The quantitative estimate of drug-likeness (QED) is 0.656. The van der Waals surface area contributed by atoms with Crippen molar-refractivity contribution in [3.8, 4) is 22.9 Å². The molecule has 2 heterocycles. The van der Waals surface area contributed by atoms with Gasteiger partial charge < -0.3 is 9.84 Å². The molecule has 0 spiro atoms. The highest BCUT2D eigenvalue weighted by Gasteiger charge is 2.15. The molecule has 1 N–H and O–H groups in total. The highest BCUT2D eigenvalue weighted by molar-refractivity contribution is 6.32. The Morgan fingerprint density at radius 2 is 2.08 bits per heavy atom. The number of nitrogens with zero attached hydrogens (tertiary/aromatic N) is 3. The molecule has 0 unspecified atom stereocenters. The minimum absolute atomic E-state index is 0.0385. The van der Waals surface area contributed by atoms with Crippen LogP contribution in [0.1, 0.15) is 31.0 Å². The van der Waals surface area contributed by atoms with E-state index in [1.165, 1.54) is 6.08 Å². The molecule has 5 nitrogen and oxygen atoms in total. The molecule has 6 heteroatoms. The molecule has 0 aliphatic carbocycles. The summed E-state index contributed by atoms with van der Waals surface area (Å²) in [6, 6.07) is 9.30. The molecule has 2 aromatic heterocycles. The molecule has 0 bridgehead atoms. The maximum atomic E-state index is 10.1. The molecule has 26 heavy (non-hydrogen) atoms. The number of hydrogen-bond acceptors (Lipinski definition) is 4. The number of rotatable bonds is 6. The Bertz CT molecular complexity index is 935. The molecule has 0 radical (unpaired) electrons. The second-order valence-electron chi connectivity index (χ2n) is 6.07. The van der Waals surface area contributed by atoms with Gasteiger partial charge in [0.15, 0.2) is 0 Å². The molecule has 0 fully saturated rings. The van der Waals surface area contributed by atoms with Crippen LogP contribution in [0.3, 0.4) is 0 Å². The molecule has 1 aromatic carbocycles. The van der Waals surface area contributed by atoms with E-state index in [1.54, 1.807) is 24.5 Å². The number of pyridine rings is 1. The van der Waals surface area contributed by atoms with E-state index in [2.05, 4.69) is 30.5 Å². The molecular formula is C20H20ClN3O2. The first-order valence-electron chi connectivity index (χ1n) is 8.27. The van der Waals surface area contributed by atoms with Crippen LogP contribution >= 0.6 is 11.6 Å². The van der Waals surface area contributed by atoms with E-state index in [9.17, 15) is 5.11 Å². The van der Waals surface area contributed by atoms with Gasteiger partial charge in [-0.15, -0.1) is 0 Å². The van der Waals surface area contributed by atoms with Crippen molar-refractivity contribution >= 4 is 17.7 Å². The highest BCUT2D eigenvalue weighted by atomic mass is 35.5. The zero-order valence-corrected chi connectivity index (χ0v) is 15.4. The highest BCUT2D eigenvalue weighted by Crippen LogP contribution is 2.36. The van der Waals surface area contributed by atoms with E-state index in [-0.39, 0.29) is 23.4 Å². The number of phenols is 1. The van der Waals surface area contributed by atoms with Crippen LogP contribution < -0.4 is 4.74 Å². The van der Waals surface area contributed by atoms with Gasteiger partial charge in [-0.05, 0) is 38.1 Å². The Balaban J connectivity index is 1.92. The van der Waals surface area contributed by atoms with Gasteiger partial charge in [-0.2, -0.15) is 5.10 Å². The summed E-state index contributed by atoms with van der Waals surface area (Å²) in [5.74, 6) is 0.470. The first kappa shape index (κ1) is 18.0. The fourth-order valence-corrected chi connectivity index (χ4v) is 2.91. The monoisotopic (exact) mass is 369 g/mol. The molecule has 0 aliphatic heterocycles. The predicted molar refractivity (Wildman–Crippen MR) is 103 cm³/mol. The third-order valence-electron chi connectivity index (χ3n) is 4.01. The van der Waals surface area contributed by atoms with Gasteiger partial charge in [0.2, 0.25) is 0 Å². The number of ether oxygens (including phenoxy) is 1. The third-order valence-corrected chi connectivity index (χ3v) is 4.31. The zero-order chi connectivity index (χ0) is 18.7. The summed E-state index contributed by atoms with van der Waals surface area (Å²) in [5, 5.41) is 14.7. The smallest absolute Gasteiger partial charge is 0.145 e. The topological polar surface area (TPSA) is 60.2 Å². The van der Waals surface area contributed by atoms with Crippen LogP contribution in [-0.4, -0.2) is 19.9 Å². The average Bonchev–Trinajstić information content (AvgIpc) is 3.13. The van der Waals surface area contributed by atoms with Gasteiger partial charge in [0, 0.05) is 24.0 Å². The van der Waals surface area contributed by atoms with Crippen LogP contribution in [0.2, 0.25) is 5.02 Å². The standard InChI is InChI=1S/C20H20ClN3O2/c1-4-15-18(8-7-16(21)20(15)25)26-12-14-6-5-10-22-19(14)17-9-11-23-24(17)13(2)3/h4-11,13,25H,1,12H2,2-3H3. The lowest BCUT2D eigenvalue weighted by atomic mass is 10.1. The van der Waals surface area contributed by atoms with Crippen molar-refractivity contribution in [1.29, 1.82) is 0 Å². The molecule has 134 valence electrons. The normalized spacial score (nSPS) is 10.9. The Morgan fingerprint density at radius 1 is 1.27 bits per heavy atom. The van der Waals surface area contributed by atoms with Crippen LogP contribution in [0, 0.1) is 0 Å². The summed E-state index contributed by atoms with van der Waals surface area (Å²) in [7, 11) is 0. The van der Waals surface area contributed by atoms with E-state index >= 15 is 0 Å². The molecule has 0 saturated carbocycles. The van der Waals surface area contributed by atoms with Crippen molar-refractivity contribution in [2.24, 2.45) is 0 Å². The van der Waals surface area contributed by atoms with E-state index in [4.69, 9.17) is 16.3 Å². The Hall–Kier alpha value is -2.79. The summed E-state index contributed by atoms with van der Waals surface area (Å²) in [4.78, 5) is 4.52. The lowest BCUT2D eigenvalue weighted by Crippen LogP contribution is -2.08. The molecule has 0 atom stereocenters. The van der Waals surface area contributed by atoms with Gasteiger partial charge >= 0.3 is 0 Å². The van der Waals surface area contributed by atoms with Crippen LogP contribution in [0.5, 0.6) is 11.5 Å². The second-order valence-corrected chi connectivity index (χ2v) is 6.47. The van der Waals surface area contributed by atoms with Crippen molar-refractivity contribution < 1.29 is 9.84 Å². The molecule has 3 aromatic rings. The summed E-state index contributed by atoms with van der Waals surface area (Å²) in [6.45, 7) is 8.14. The van der Waals surface area contributed by atoms with E-state index in [1.807, 2.05) is 22.9 Å². The molecule has 3 rings (SSSR count). The number of hydrogen-bond donors (Lipinski definition) is 1. The van der Waals surface area contributed by atoms with Gasteiger partial charge in [-0.25, -0.2) is 0 Å². The number of aromatic hydroxyl groups is 1. The molecular weight excluding hydrogens is 350 g/mol. The van der Waals surface area contributed by atoms with Crippen LogP contribution in [0.25, 0.3) is 17.5 Å². The van der Waals surface area contributed by atoms with Gasteiger partial charge in [-0.1, -0.05) is 30.3 Å². The summed E-state index contributed by atoms with van der Waals surface area (Å²) < 4.78 is 7.86. The van der Waals surface area contributed by atoms with Gasteiger partial charge in [-0.3, -0.25) is 9.67 Å². The van der Waals surface area contributed by atoms with Crippen LogP contribution in [0.15, 0.2) is 49.3 Å². The van der Waals surface area contributed by atoms with Crippen molar-refractivity contribution in [2.75, 3.05) is 0 Å². The first-order chi connectivity index (χ1) is 12.5. The lowest BCUT2D eigenvalue weighted by molar-refractivity contribution is 0.303. The van der Waals surface area contributed by atoms with Crippen molar-refractivity contribution in [3.05, 3.63) is 65.5 Å². The van der Waals surface area contributed by atoms with Gasteiger partial charge in [0.05, 0.1) is 22.0 Å². The SMILES string of the molecule is C=Cc1c(OCc2cccnc2-c2ccnn2C(C)C)ccc(Cl)c1O. The van der Waals surface area contributed by atoms with Crippen molar-refractivity contribution in [2.45, 2.75) is 26.5 Å². The Labute approximate surface area is 157 Å².